The number of esters is 1. The van der Waals surface area contributed by atoms with Crippen LogP contribution in [0, 0.1) is 0 Å². The first kappa shape index (κ1) is 16.5. The first-order valence-corrected chi connectivity index (χ1v) is 7.39. The zero-order valence-corrected chi connectivity index (χ0v) is 12.2. The summed E-state index contributed by atoms with van der Waals surface area (Å²) in [6.45, 7) is 0. The van der Waals surface area contributed by atoms with E-state index in [-0.39, 0.29) is 12.4 Å². The zero-order valence-electron chi connectivity index (χ0n) is 11.4. The number of rotatable bonds is 8. The van der Waals surface area contributed by atoms with Gasteiger partial charge < -0.3 is 15.6 Å². The van der Waals surface area contributed by atoms with Gasteiger partial charge in [0.1, 0.15) is 6.04 Å². The molecule has 6 heteroatoms. The number of ether oxygens (including phenoxy) is 1. The lowest BCUT2D eigenvalue weighted by Crippen LogP contribution is -2.30. The van der Waals surface area contributed by atoms with Crippen LogP contribution < -0.4 is 5.73 Å². The fraction of sp³-hybridized carbons (Fsp3) is 0.429. The topological polar surface area (TPSA) is 89.6 Å². The Labute approximate surface area is 122 Å². The maximum absolute atomic E-state index is 11.3. The van der Waals surface area contributed by atoms with E-state index >= 15 is 0 Å². The lowest BCUT2D eigenvalue weighted by atomic mass is 10.1. The smallest absolute Gasteiger partial charge is 0.320 e. The minimum atomic E-state index is -0.975. The first-order chi connectivity index (χ1) is 9.54. The van der Waals surface area contributed by atoms with Gasteiger partial charge in [0.15, 0.2) is 0 Å². The fourth-order valence-corrected chi connectivity index (χ4v) is 2.68. The molecule has 0 spiro atoms. The predicted octanol–water partition coefficient (Wildman–Crippen LogP) is 1.44. The summed E-state index contributed by atoms with van der Waals surface area (Å²) in [4.78, 5) is 21.9. The summed E-state index contributed by atoms with van der Waals surface area (Å²) in [5.74, 6) is 0.145. The van der Waals surface area contributed by atoms with Crippen LogP contribution >= 0.6 is 11.8 Å². The molecular formula is C14H19NO4S. The molecule has 0 aliphatic carbocycles. The average molecular weight is 297 g/mol. The molecule has 0 radical (unpaired) electrons. The van der Waals surface area contributed by atoms with Crippen molar-refractivity contribution in [1.29, 1.82) is 0 Å². The van der Waals surface area contributed by atoms with Crippen LogP contribution in [0.3, 0.4) is 0 Å². The Kier molecular flexibility index (Phi) is 7.11. The van der Waals surface area contributed by atoms with Crippen LogP contribution in [0.4, 0.5) is 0 Å². The van der Waals surface area contributed by atoms with Gasteiger partial charge in [-0.1, -0.05) is 24.3 Å². The van der Waals surface area contributed by atoms with Crippen molar-refractivity contribution in [2.24, 2.45) is 5.73 Å². The van der Waals surface area contributed by atoms with Gasteiger partial charge in [-0.25, -0.2) is 0 Å². The molecule has 1 aromatic carbocycles. The third-order valence-electron chi connectivity index (χ3n) is 2.83. The first-order valence-electron chi connectivity index (χ1n) is 6.24. The molecule has 1 unspecified atom stereocenters. The molecule has 0 bridgehead atoms. The Bertz CT molecular complexity index is 464. The van der Waals surface area contributed by atoms with Crippen LogP contribution in [0.2, 0.25) is 0 Å². The van der Waals surface area contributed by atoms with Crippen molar-refractivity contribution in [3.05, 3.63) is 35.4 Å². The number of carbonyl (C=O) groups is 2. The van der Waals surface area contributed by atoms with E-state index in [1.54, 1.807) is 11.8 Å². The minimum Gasteiger partial charge on any atom is -0.480 e. The highest BCUT2D eigenvalue weighted by Gasteiger charge is 2.11. The molecular weight excluding hydrogens is 278 g/mol. The Hall–Kier alpha value is -1.53. The molecule has 1 atom stereocenters. The second-order valence-corrected chi connectivity index (χ2v) is 5.41. The lowest BCUT2D eigenvalue weighted by Gasteiger charge is -2.09. The van der Waals surface area contributed by atoms with Crippen LogP contribution in [0.5, 0.6) is 0 Å². The van der Waals surface area contributed by atoms with Gasteiger partial charge in [-0.3, -0.25) is 9.59 Å². The highest BCUT2D eigenvalue weighted by Crippen LogP contribution is 2.18. The molecule has 0 saturated carbocycles. The number of methoxy groups -OCH3 is 1. The van der Waals surface area contributed by atoms with Crippen molar-refractivity contribution >= 4 is 23.7 Å². The van der Waals surface area contributed by atoms with E-state index < -0.39 is 12.0 Å². The molecule has 0 aliphatic rings. The second kappa shape index (κ2) is 8.60. The SMILES string of the molecule is COC(=O)Cc1ccccc1CSCCC(N)C(=O)O. The number of benzene rings is 1. The quantitative estimate of drug-likeness (QED) is 0.557. The van der Waals surface area contributed by atoms with Crippen LogP contribution in [0.1, 0.15) is 17.5 Å². The average Bonchev–Trinajstić information content (AvgIpc) is 2.44. The number of nitrogens with two attached hydrogens (primary N) is 1. The summed E-state index contributed by atoms with van der Waals surface area (Å²) >= 11 is 1.61. The molecule has 1 aromatic rings. The van der Waals surface area contributed by atoms with Crippen LogP contribution in [0.25, 0.3) is 0 Å². The Morgan fingerprint density at radius 1 is 1.35 bits per heavy atom. The minimum absolute atomic E-state index is 0.252. The summed E-state index contributed by atoms with van der Waals surface area (Å²) in [5, 5.41) is 8.68. The van der Waals surface area contributed by atoms with Crippen molar-refractivity contribution in [2.45, 2.75) is 24.6 Å². The second-order valence-electron chi connectivity index (χ2n) is 4.31. The standard InChI is InChI=1S/C14H19NO4S/c1-19-13(16)8-10-4-2-3-5-11(10)9-20-7-6-12(15)14(17)18/h2-5,12H,6-9,15H2,1H3,(H,17,18). The number of carbonyl (C=O) groups excluding carboxylic acids is 1. The molecule has 5 nitrogen and oxygen atoms in total. The Balaban J connectivity index is 2.47. The monoisotopic (exact) mass is 297 g/mol. The summed E-state index contributed by atoms with van der Waals surface area (Å²) in [6, 6.07) is 6.85. The molecule has 0 fully saturated rings. The maximum Gasteiger partial charge on any atom is 0.320 e. The van der Waals surface area contributed by atoms with Crippen molar-refractivity contribution in [2.75, 3.05) is 12.9 Å². The molecule has 0 saturated heterocycles. The van der Waals surface area contributed by atoms with E-state index in [0.717, 1.165) is 16.9 Å². The molecule has 20 heavy (non-hydrogen) atoms. The van der Waals surface area contributed by atoms with Gasteiger partial charge in [0.2, 0.25) is 0 Å². The molecule has 0 heterocycles. The third kappa shape index (κ3) is 5.63. The largest absolute Gasteiger partial charge is 0.480 e. The molecule has 0 aliphatic heterocycles. The summed E-state index contributed by atoms with van der Waals surface area (Å²) < 4.78 is 4.67. The van der Waals surface area contributed by atoms with Crippen molar-refractivity contribution < 1.29 is 19.4 Å². The number of aliphatic carboxylic acids is 1. The number of carboxylic acids is 1. The molecule has 0 amide bonds. The van der Waals surface area contributed by atoms with Gasteiger partial charge in [-0.2, -0.15) is 11.8 Å². The third-order valence-corrected chi connectivity index (χ3v) is 3.87. The summed E-state index contributed by atoms with van der Waals surface area (Å²) in [7, 11) is 1.37. The molecule has 3 N–H and O–H groups in total. The van der Waals surface area contributed by atoms with E-state index in [1.807, 2.05) is 24.3 Å². The van der Waals surface area contributed by atoms with Gasteiger partial charge in [-0.15, -0.1) is 0 Å². The van der Waals surface area contributed by atoms with E-state index in [1.165, 1.54) is 7.11 Å². The van der Waals surface area contributed by atoms with E-state index in [4.69, 9.17) is 10.8 Å². The predicted molar refractivity (Wildman–Crippen MR) is 78.6 cm³/mol. The molecule has 1 rings (SSSR count). The van der Waals surface area contributed by atoms with Crippen LogP contribution in [-0.2, 0) is 26.5 Å². The lowest BCUT2D eigenvalue weighted by molar-refractivity contribution is -0.140. The highest BCUT2D eigenvalue weighted by molar-refractivity contribution is 7.98. The van der Waals surface area contributed by atoms with Gasteiger partial charge in [0.25, 0.3) is 0 Å². The van der Waals surface area contributed by atoms with Crippen LogP contribution in [0.15, 0.2) is 24.3 Å². The molecule has 0 aromatic heterocycles. The van der Waals surface area contributed by atoms with Crippen molar-refractivity contribution in [3.63, 3.8) is 0 Å². The maximum atomic E-state index is 11.3. The van der Waals surface area contributed by atoms with Crippen molar-refractivity contribution in [1.82, 2.24) is 0 Å². The fourth-order valence-electron chi connectivity index (χ4n) is 1.61. The Morgan fingerprint density at radius 3 is 2.60 bits per heavy atom. The zero-order chi connectivity index (χ0) is 15.0. The van der Waals surface area contributed by atoms with E-state index in [9.17, 15) is 9.59 Å². The Morgan fingerprint density at radius 2 is 2.00 bits per heavy atom. The van der Waals surface area contributed by atoms with Gasteiger partial charge in [0.05, 0.1) is 13.5 Å². The normalized spacial score (nSPS) is 11.9. The number of hydrogen-bond acceptors (Lipinski definition) is 5. The number of carboxylic acid groups (broad SMARTS) is 1. The van der Waals surface area contributed by atoms with Gasteiger partial charge in [0, 0.05) is 5.75 Å². The summed E-state index contributed by atoms with van der Waals surface area (Å²) in [6.07, 6.45) is 0.682. The van der Waals surface area contributed by atoms with Gasteiger partial charge in [-0.05, 0) is 23.3 Å². The van der Waals surface area contributed by atoms with E-state index in [0.29, 0.717) is 12.2 Å². The number of hydrogen-bond donors (Lipinski definition) is 2. The summed E-state index contributed by atoms with van der Waals surface area (Å²) in [5.41, 5.74) is 7.44. The highest BCUT2D eigenvalue weighted by atomic mass is 32.2. The van der Waals surface area contributed by atoms with Crippen LogP contribution in [-0.4, -0.2) is 35.9 Å². The van der Waals surface area contributed by atoms with E-state index in [2.05, 4.69) is 4.74 Å². The van der Waals surface area contributed by atoms with Gasteiger partial charge >= 0.3 is 11.9 Å². The number of thioether (sulfide) groups is 1. The van der Waals surface area contributed by atoms with Crippen molar-refractivity contribution in [3.8, 4) is 0 Å². The molecule has 110 valence electrons.